The van der Waals surface area contributed by atoms with Crippen molar-refractivity contribution in [2.45, 2.75) is 27.7 Å². The van der Waals surface area contributed by atoms with Gasteiger partial charge >= 0.3 is 0 Å². The lowest BCUT2D eigenvalue weighted by Crippen LogP contribution is -1.78. The molecule has 2 rings (SSSR count). The highest BCUT2D eigenvalue weighted by Gasteiger charge is 2.08. The topological polar surface area (TPSA) is 13.1 Å². The van der Waals surface area contributed by atoms with Crippen molar-refractivity contribution in [3.8, 4) is 0 Å². The van der Waals surface area contributed by atoms with Gasteiger partial charge in [0.25, 0.3) is 0 Å². The second-order valence-corrected chi connectivity index (χ2v) is 3.74. The molecule has 0 atom stereocenters. The van der Waals surface area contributed by atoms with Gasteiger partial charge in [-0.2, -0.15) is 0 Å². The predicted octanol–water partition coefficient (Wildman–Crippen LogP) is 3.67. The summed E-state index contributed by atoms with van der Waals surface area (Å²) in [4.78, 5) is 0. The lowest BCUT2D eigenvalue weighted by atomic mass is 10.1. The Morgan fingerprint density at radius 1 is 1.00 bits per heavy atom. The van der Waals surface area contributed by atoms with E-state index in [1.54, 1.807) is 0 Å². The number of fused-ring (bicyclic) bond motifs is 1. The van der Waals surface area contributed by atoms with E-state index in [0.717, 1.165) is 11.3 Å². The SMILES string of the molecule is Cc1cc(C)c2oc(C)c(C)c2c1. The molecule has 1 aromatic carbocycles. The zero-order valence-corrected chi connectivity index (χ0v) is 8.56. The van der Waals surface area contributed by atoms with Crippen LogP contribution in [0.3, 0.4) is 0 Å². The molecule has 0 N–H and O–H groups in total. The zero-order chi connectivity index (χ0) is 9.59. The Morgan fingerprint density at radius 3 is 2.38 bits per heavy atom. The minimum atomic E-state index is 1.03. The zero-order valence-electron chi connectivity index (χ0n) is 8.56. The fraction of sp³-hybridized carbons (Fsp3) is 0.333. The first-order valence-electron chi connectivity index (χ1n) is 4.56. The van der Waals surface area contributed by atoms with E-state index in [-0.39, 0.29) is 0 Å². The summed E-state index contributed by atoms with van der Waals surface area (Å²) in [5, 5.41) is 1.26. The molecule has 0 saturated heterocycles. The van der Waals surface area contributed by atoms with Crippen molar-refractivity contribution in [1.29, 1.82) is 0 Å². The van der Waals surface area contributed by atoms with E-state index >= 15 is 0 Å². The summed E-state index contributed by atoms with van der Waals surface area (Å²) in [6.07, 6.45) is 0. The lowest BCUT2D eigenvalue weighted by molar-refractivity contribution is 0.573. The van der Waals surface area contributed by atoms with Crippen LogP contribution in [0.5, 0.6) is 0 Å². The average Bonchev–Trinajstić information content (AvgIpc) is 2.32. The highest BCUT2D eigenvalue weighted by Crippen LogP contribution is 2.28. The first-order chi connectivity index (χ1) is 6.09. The van der Waals surface area contributed by atoms with Crippen molar-refractivity contribution < 1.29 is 4.42 Å². The monoisotopic (exact) mass is 174 g/mol. The van der Waals surface area contributed by atoms with E-state index < -0.39 is 0 Å². The van der Waals surface area contributed by atoms with Crippen molar-refractivity contribution >= 4 is 11.0 Å². The van der Waals surface area contributed by atoms with Crippen LogP contribution in [0.2, 0.25) is 0 Å². The Hall–Kier alpha value is -1.24. The molecule has 1 heteroatoms. The molecule has 0 aliphatic carbocycles. The van der Waals surface area contributed by atoms with Crippen LogP contribution >= 0.6 is 0 Å². The van der Waals surface area contributed by atoms with Crippen LogP contribution in [-0.4, -0.2) is 0 Å². The molecule has 0 amide bonds. The van der Waals surface area contributed by atoms with E-state index in [1.807, 2.05) is 6.92 Å². The van der Waals surface area contributed by atoms with Gasteiger partial charge in [-0.1, -0.05) is 6.07 Å². The fourth-order valence-electron chi connectivity index (χ4n) is 1.79. The van der Waals surface area contributed by atoms with Crippen LogP contribution in [0.25, 0.3) is 11.0 Å². The van der Waals surface area contributed by atoms with Gasteiger partial charge in [0.15, 0.2) is 0 Å². The van der Waals surface area contributed by atoms with Crippen molar-refractivity contribution in [2.75, 3.05) is 0 Å². The van der Waals surface area contributed by atoms with E-state index in [0.29, 0.717) is 0 Å². The molecule has 1 aromatic heterocycles. The number of aryl methyl sites for hydroxylation is 4. The number of rotatable bonds is 0. The number of hydrogen-bond acceptors (Lipinski definition) is 1. The molecule has 0 unspecified atom stereocenters. The second kappa shape index (κ2) is 2.63. The van der Waals surface area contributed by atoms with Gasteiger partial charge in [0.1, 0.15) is 11.3 Å². The quantitative estimate of drug-likeness (QED) is 0.594. The summed E-state index contributed by atoms with van der Waals surface area (Å²) in [6, 6.07) is 4.35. The van der Waals surface area contributed by atoms with Crippen LogP contribution < -0.4 is 0 Å². The standard InChI is InChI=1S/C12H14O/c1-7-5-8(2)12-11(6-7)9(3)10(4)13-12/h5-6H,1-4H3. The minimum absolute atomic E-state index is 1.03. The average molecular weight is 174 g/mol. The van der Waals surface area contributed by atoms with Crippen molar-refractivity contribution in [1.82, 2.24) is 0 Å². The lowest BCUT2D eigenvalue weighted by Gasteiger charge is -1.97. The van der Waals surface area contributed by atoms with Gasteiger partial charge < -0.3 is 4.42 Å². The summed E-state index contributed by atoms with van der Waals surface area (Å²) in [5.41, 5.74) is 4.84. The van der Waals surface area contributed by atoms with Crippen LogP contribution in [0.4, 0.5) is 0 Å². The molecule has 68 valence electrons. The maximum absolute atomic E-state index is 5.68. The fourth-order valence-corrected chi connectivity index (χ4v) is 1.79. The summed E-state index contributed by atoms with van der Waals surface area (Å²) in [5.74, 6) is 1.03. The van der Waals surface area contributed by atoms with Gasteiger partial charge in [-0.05, 0) is 50.5 Å². The maximum Gasteiger partial charge on any atom is 0.137 e. The summed E-state index contributed by atoms with van der Waals surface area (Å²) >= 11 is 0. The second-order valence-electron chi connectivity index (χ2n) is 3.74. The molecule has 0 saturated carbocycles. The van der Waals surface area contributed by atoms with Gasteiger partial charge in [-0.3, -0.25) is 0 Å². The smallest absolute Gasteiger partial charge is 0.137 e. The Balaban J connectivity index is 2.94. The molecule has 0 bridgehead atoms. The molecular weight excluding hydrogens is 160 g/mol. The first kappa shape index (κ1) is 8.36. The van der Waals surface area contributed by atoms with E-state index in [1.165, 1.54) is 22.1 Å². The molecule has 1 nitrogen and oxygen atoms in total. The van der Waals surface area contributed by atoms with Gasteiger partial charge in [0.05, 0.1) is 0 Å². The van der Waals surface area contributed by atoms with Crippen molar-refractivity contribution in [3.63, 3.8) is 0 Å². The van der Waals surface area contributed by atoms with E-state index in [4.69, 9.17) is 4.42 Å². The third-order valence-corrected chi connectivity index (χ3v) is 2.61. The third-order valence-electron chi connectivity index (χ3n) is 2.61. The molecule has 1 heterocycles. The maximum atomic E-state index is 5.68. The molecule has 0 spiro atoms. The van der Waals surface area contributed by atoms with E-state index in [9.17, 15) is 0 Å². The van der Waals surface area contributed by atoms with E-state index in [2.05, 4.69) is 32.9 Å². The molecule has 2 aromatic rings. The predicted molar refractivity (Wildman–Crippen MR) is 55.2 cm³/mol. The Bertz CT molecular complexity index is 463. The van der Waals surface area contributed by atoms with Crippen LogP contribution in [-0.2, 0) is 0 Å². The molecule has 13 heavy (non-hydrogen) atoms. The summed E-state index contributed by atoms with van der Waals surface area (Å²) in [7, 11) is 0. The largest absolute Gasteiger partial charge is 0.461 e. The minimum Gasteiger partial charge on any atom is -0.461 e. The van der Waals surface area contributed by atoms with Crippen molar-refractivity contribution in [3.05, 3.63) is 34.6 Å². The van der Waals surface area contributed by atoms with Gasteiger partial charge in [0.2, 0.25) is 0 Å². The number of furan rings is 1. The Kier molecular flexibility index (Phi) is 1.69. The number of benzene rings is 1. The summed E-state index contributed by atoms with van der Waals surface area (Å²) < 4.78 is 5.68. The Labute approximate surface area is 78.4 Å². The highest BCUT2D eigenvalue weighted by molar-refractivity contribution is 5.85. The number of hydrogen-bond donors (Lipinski definition) is 0. The van der Waals surface area contributed by atoms with Crippen molar-refractivity contribution in [2.24, 2.45) is 0 Å². The van der Waals surface area contributed by atoms with Crippen LogP contribution in [0, 0.1) is 27.7 Å². The first-order valence-corrected chi connectivity index (χ1v) is 4.56. The summed E-state index contributed by atoms with van der Waals surface area (Å²) in [6.45, 7) is 8.34. The highest BCUT2D eigenvalue weighted by atomic mass is 16.3. The molecular formula is C12H14O. The van der Waals surface area contributed by atoms with Gasteiger partial charge in [-0.15, -0.1) is 0 Å². The third kappa shape index (κ3) is 1.15. The Morgan fingerprint density at radius 2 is 1.69 bits per heavy atom. The molecule has 0 radical (unpaired) electrons. The normalized spacial score (nSPS) is 11.1. The van der Waals surface area contributed by atoms with Crippen LogP contribution in [0.15, 0.2) is 16.5 Å². The molecule has 0 aliphatic heterocycles. The molecule has 0 fully saturated rings. The van der Waals surface area contributed by atoms with Crippen LogP contribution in [0.1, 0.15) is 22.5 Å². The molecule has 0 aliphatic rings. The van der Waals surface area contributed by atoms with Gasteiger partial charge in [-0.25, -0.2) is 0 Å². The van der Waals surface area contributed by atoms with Gasteiger partial charge in [0, 0.05) is 5.39 Å².